The second kappa shape index (κ2) is 9.28. The zero-order chi connectivity index (χ0) is 19.1. The first-order chi connectivity index (χ1) is 13.1. The van der Waals surface area contributed by atoms with Crippen LogP contribution in [0.5, 0.6) is 0 Å². The molecule has 6 heteroatoms. The summed E-state index contributed by atoms with van der Waals surface area (Å²) in [6, 6.07) is 13.6. The Labute approximate surface area is 160 Å². The van der Waals surface area contributed by atoms with Crippen LogP contribution >= 0.6 is 0 Å². The first-order valence-electron chi connectivity index (χ1n) is 9.36. The van der Waals surface area contributed by atoms with E-state index in [1.54, 1.807) is 12.3 Å². The molecule has 2 amide bonds. The van der Waals surface area contributed by atoms with Crippen molar-refractivity contribution in [2.75, 3.05) is 25.0 Å². The maximum atomic E-state index is 12.3. The predicted octanol–water partition coefficient (Wildman–Crippen LogP) is 2.36. The fourth-order valence-corrected chi connectivity index (χ4v) is 3.18. The van der Waals surface area contributed by atoms with Gasteiger partial charge in [0.2, 0.25) is 11.8 Å². The van der Waals surface area contributed by atoms with Crippen LogP contribution in [0.4, 0.5) is 5.82 Å². The molecule has 0 atom stereocenters. The Kier molecular flexibility index (Phi) is 6.54. The number of rotatable bonds is 6. The normalized spacial score (nSPS) is 15.3. The second-order valence-electron chi connectivity index (χ2n) is 7.02. The number of pyridine rings is 1. The van der Waals surface area contributed by atoms with Crippen LogP contribution in [0.3, 0.4) is 0 Å². The van der Waals surface area contributed by atoms with Gasteiger partial charge in [0.15, 0.2) is 0 Å². The number of amides is 2. The Morgan fingerprint density at radius 1 is 1.11 bits per heavy atom. The minimum absolute atomic E-state index is 0.0113. The molecule has 1 saturated heterocycles. The molecule has 1 aliphatic rings. The molecule has 2 N–H and O–H groups in total. The van der Waals surface area contributed by atoms with Crippen molar-refractivity contribution in [3.05, 3.63) is 59.8 Å². The van der Waals surface area contributed by atoms with Gasteiger partial charge in [-0.25, -0.2) is 4.98 Å². The highest BCUT2D eigenvalue weighted by Gasteiger charge is 2.26. The molecule has 0 spiro atoms. The molecule has 6 nitrogen and oxygen atoms in total. The van der Waals surface area contributed by atoms with Crippen LogP contribution in [0.25, 0.3) is 0 Å². The van der Waals surface area contributed by atoms with Gasteiger partial charge >= 0.3 is 0 Å². The highest BCUT2D eigenvalue weighted by atomic mass is 16.2. The number of carbonyl (C=O) groups is 2. The smallest absolute Gasteiger partial charge is 0.234 e. The lowest BCUT2D eigenvalue weighted by molar-refractivity contribution is -0.123. The van der Waals surface area contributed by atoms with E-state index in [-0.39, 0.29) is 17.7 Å². The molecule has 1 aliphatic heterocycles. The number of likely N-dealkylation sites (tertiary alicyclic amines) is 1. The lowest BCUT2D eigenvalue weighted by Gasteiger charge is -2.30. The number of aryl methyl sites for hydroxylation is 1. The van der Waals surface area contributed by atoms with E-state index in [4.69, 9.17) is 0 Å². The minimum atomic E-state index is -0.0288. The number of hydrogen-bond donors (Lipinski definition) is 2. The number of nitrogens with zero attached hydrogens (tertiary/aromatic N) is 2. The van der Waals surface area contributed by atoms with Crippen molar-refractivity contribution in [2.24, 2.45) is 5.92 Å². The Bertz CT molecular complexity index is 754. The summed E-state index contributed by atoms with van der Waals surface area (Å²) in [7, 11) is 0. The molecule has 1 fully saturated rings. The third-order valence-corrected chi connectivity index (χ3v) is 4.85. The Balaban J connectivity index is 1.38. The summed E-state index contributed by atoms with van der Waals surface area (Å²) in [6.07, 6.45) is 3.17. The fraction of sp³-hybridized carbons (Fsp3) is 0.381. The van der Waals surface area contributed by atoms with E-state index < -0.39 is 0 Å². The lowest BCUT2D eigenvalue weighted by Crippen LogP contribution is -2.43. The topological polar surface area (TPSA) is 74.3 Å². The molecule has 0 saturated carbocycles. The standard InChI is InChI=1S/C21H26N4O2/c1-16-5-7-17(8-6-16)14-23-20(26)15-25-12-9-18(10-13-25)21(27)24-19-4-2-3-11-22-19/h2-8,11,18H,9-10,12-15H2,1H3,(H,23,26)(H,22,24,27). The second-order valence-corrected chi connectivity index (χ2v) is 7.02. The summed E-state index contributed by atoms with van der Waals surface area (Å²) in [4.78, 5) is 30.7. The molecule has 27 heavy (non-hydrogen) atoms. The van der Waals surface area contributed by atoms with Crippen molar-refractivity contribution in [1.82, 2.24) is 15.2 Å². The average molecular weight is 366 g/mol. The summed E-state index contributed by atoms with van der Waals surface area (Å²) in [5.74, 6) is 0.587. The first-order valence-corrected chi connectivity index (χ1v) is 9.36. The third-order valence-electron chi connectivity index (χ3n) is 4.85. The number of aromatic nitrogens is 1. The quantitative estimate of drug-likeness (QED) is 0.823. The average Bonchev–Trinajstić information content (AvgIpc) is 2.69. The van der Waals surface area contributed by atoms with E-state index in [9.17, 15) is 9.59 Å². The van der Waals surface area contributed by atoms with Crippen molar-refractivity contribution in [2.45, 2.75) is 26.3 Å². The van der Waals surface area contributed by atoms with Gasteiger partial charge in [0.25, 0.3) is 0 Å². The number of nitrogens with one attached hydrogen (secondary N) is 2. The molecule has 3 rings (SSSR count). The fourth-order valence-electron chi connectivity index (χ4n) is 3.18. The van der Waals surface area contributed by atoms with E-state index in [0.29, 0.717) is 18.9 Å². The van der Waals surface area contributed by atoms with Gasteiger partial charge in [-0.3, -0.25) is 14.5 Å². The van der Waals surface area contributed by atoms with Crippen LogP contribution < -0.4 is 10.6 Å². The van der Waals surface area contributed by atoms with Crippen LogP contribution in [0, 0.1) is 12.8 Å². The summed E-state index contributed by atoms with van der Waals surface area (Å²) in [5, 5.41) is 5.83. The molecular formula is C21H26N4O2. The Morgan fingerprint density at radius 3 is 2.52 bits per heavy atom. The Morgan fingerprint density at radius 2 is 1.85 bits per heavy atom. The number of hydrogen-bond acceptors (Lipinski definition) is 4. The molecule has 1 aromatic heterocycles. The molecule has 0 aliphatic carbocycles. The highest BCUT2D eigenvalue weighted by Crippen LogP contribution is 2.18. The monoisotopic (exact) mass is 366 g/mol. The summed E-state index contributed by atoms with van der Waals surface area (Å²) in [6.45, 7) is 4.46. The first kappa shape index (κ1) is 19.0. The third kappa shape index (κ3) is 5.89. The predicted molar refractivity (Wildman–Crippen MR) is 105 cm³/mol. The number of carbonyl (C=O) groups excluding carboxylic acids is 2. The van der Waals surface area contributed by atoms with Crippen molar-refractivity contribution in [1.29, 1.82) is 0 Å². The SMILES string of the molecule is Cc1ccc(CNC(=O)CN2CCC(C(=O)Nc3ccccn3)CC2)cc1. The van der Waals surface area contributed by atoms with Crippen molar-refractivity contribution in [3.63, 3.8) is 0 Å². The summed E-state index contributed by atoms with van der Waals surface area (Å²) in [5.41, 5.74) is 2.30. The van der Waals surface area contributed by atoms with Gasteiger partial charge in [-0.05, 0) is 50.6 Å². The van der Waals surface area contributed by atoms with E-state index >= 15 is 0 Å². The van der Waals surface area contributed by atoms with Gasteiger partial charge < -0.3 is 10.6 Å². The van der Waals surface area contributed by atoms with Gasteiger partial charge in [-0.1, -0.05) is 35.9 Å². The molecule has 0 unspecified atom stereocenters. The highest BCUT2D eigenvalue weighted by molar-refractivity contribution is 5.91. The maximum absolute atomic E-state index is 12.3. The largest absolute Gasteiger partial charge is 0.351 e. The molecule has 0 radical (unpaired) electrons. The lowest BCUT2D eigenvalue weighted by atomic mass is 9.96. The molecular weight excluding hydrogens is 340 g/mol. The van der Waals surface area contributed by atoms with Crippen molar-refractivity contribution >= 4 is 17.6 Å². The van der Waals surface area contributed by atoms with Crippen LogP contribution in [0.2, 0.25) is 0 Å². The zero-order valence-electron chi connectivity index (χ0n) is 15.6. The molecule has 2 aromatic rings. The molecule has 2 heterocycles. The summed E-state index contributed by atoms with van der Waals surface area (Å²) < 4.78 is 0. The van der Waals surface area contributed by atoms with E-state index in [2.05, 4.69) is 20.5 Å². The van der Waals surface area contributed by atoms with Crippen molar-refractivity contribution in [3.8, 4) is 0 Å². The van der Waals surface area contributed by atoms with Crippen LogP contribution in [-0.4, -0.2) is 41.3 Å². The van der Waals surface area contributed by atoms with Crippen molar-refractivity contribution < 1.29 is 9.59 Å². The van der Waals surface area contributed by atoms with Gasteiger partial charge in [0.1, 0.15) is 5.82 Å². The molecule has 0 bridgehead atoms. The van der Waals surface area contributed by atoms with Gasteiger partial charge in [0.05, 0.1) is 6.54 Å². The number of piperidine rings is 1. The molecule has 1 aromatic carbocycles. The van der Waals surface area contributed by atoms with Crippen LogP contribution in [0.15, 0.2) is 48.7 Å². The minimum Gasteiger partial charge on any atom is -0.351 e. The van der Waals surface area contributed by atoms with E-state index in [0.717, 1.165) is 31.5 Å². The van der Waals surface area contributed by atoms with E-state index in [1.165, 1.54) is 5.56 Å². The maximum Gasteiger partial charge on any atom is 0.234 e. The van der Waals surface area contributed by atoms with Crippen LogP contribution in [-0.2, 0) is 16.1 Å². The Hall–Kier alpha value is -2.73. The molecule has 142 valence electrons. The number of anilines is 1. The van der Waals surface area contributed by atoms with Gasteiger partial charge in [-0.2, -0.15) is 0 Å². The summed E-state index contributed by atoms with van der Waals surface area (Å²) >= 11 is 0. The number of benzene rings is 1. The van der Waals surface area contributed by atoms with Gasteiger partial charge in [0, 0.05) is 18.7 Å². The van der Waals surface area contributed by atoms with Gasteiger partial charge in [-0.15, -0.1) is 0 Å². The van der Waals surface area contributed by atoms with E-state index in [1.807, 2.05) is 43.3 Å². The zero-order valence-corrected chi connectivity index (χ0v) is 15.6. The van der Waals surface area contributed by atoms with Crippen LogP contribution in [0.1, 0.15) is 24.0 Å².